The predicted molar refractivity (Wildman–Crippen MR) is 76.6 cm³/mol. The Bertz CT molecular complexity index is 540. The van der Waals surface area contributed by atoms with Crippen molar-refractivity contribution in [2.45, 2.75) is 19.4 Å². The summed E-state index contributed by atoms with van der Waals surface area (Å²) in [6.07, 6.45) is 6.55. The molecule has 5 nitrogen and oxygen atoms in total. The van der Waals surface area contributed by atoms with Gasteiger partial charge < -0.3 is 10.0 Å². The highest BCUT2D eigenvalue weighted by atomic mass is 16.6. The van der Waals surface area contributed by atoms with Gasteiger partial charge in [-0.3, -0.25) is 10.1 Å². The molecule has 0 spiro atoms. The number of allylic oxidation sites excluding steroid dienone is 2. The van der Waals surface area contributed by atoms with Crippen molar-refractivity contribution in [3.63, 3.8) is 0 Å². The lowest BCUT2D eigenvalue weighted by Crippen LogP contribution is -2.21. The lowest BCUT2D eigenvalue weighted by atomic mass is 9.86. The van der Waals surface area contributed by atoms with Crippen molar-refractivity contribution in [3.05, 3.63) is 46.0 Å². The van der Waals surface area contributed by atoms with Gasteiger partial charge in [0.1, 0.15) is 5.69 Å². The molecule has 20 heavy (non-hydrogen) atoms. The molecule has 0 saturated carbocycles. The van der Waals surface area contributed by atoms with E-state index in [1.54, 1.807) is 12.1 Å². The standard InChI is InChI=1S/C15H18N2O3/c18-10-11-5-6-14(17(19)20)15(7-11)16-8-12-3-1-2-4-13(12)9-16/h1-2,5-7,12-13,18H,3-4,8-10H2. The van der Waals surface area contributed by atoms with E-state index in [0.717, 1.165) is 31.5 Å². The molecule has 1 N–H and O–H groups in total. The number of benzene rings is 1. The van der Waals surface area contributed by atoms with Crippen LogP contribution in [-0.4, -0.2) is 23.1 Å². The summed E-state index contributed by atoms with van der Waals surface area (Å²) in [5, 5.41) is 20.4. The maximum absolute atomic E-state index is 11.2. The van der Waals surface area contributed by atoms with Gasteiger partial charge in [-0.05, 0) is 42.4 Å². The second-order valence-electron chi connectivity index (χ2n) is 5.61. The lowest BCUT2D eigenvalue weighted by molar-refractivity contribution is -0.384. The average Bonchev–Trinajstić information content (AvgIpc) is 2.90. The van der Waals surface area contributed by atoms with E-state index in [9.17, 15) is 15.2 Å². The lowest BCUT2D eigenvalue weighted by Gasteiger charge is -2.19. The SMILES string of the molecule is O=[N+]([O-])c1ccc(CO)cc1N1CC2CC=CCC2C1. The Hall–Kier alpha value is -1.88. The molecule has 0 bridgehead atoms. The number of nitro groups is 1. The van der Waals surface area contributed by atoms with Crippen LogP contribution in [0, 0.1) is 22.0 Å². The molecule has 2 unspecified atom stereocenters. The van der Waals surface area contributed by atoms with Crippen LogP contribution < -0.4 is 4.90 Å². The van der Waals surface area contributed by atoms with E-state index < -0.39 is 0 Å². The zero-order chi connectivity index (χ0) is 14.1. The minimum Gasteiger partial charge on any atom is -0.392 e. The summed E-state index contributed by atoms with van der Waals surface area (Å²) < 4.78 is 0. The summed E-state index contributed by atoms with van der Waals surface area (Å²) in [6, 6.07) is 4.87. The normalized spacial score (nSPS) is 24.8. The van der Waals surface area contributed by atoms with E-state index in [1.807, 2.05) is 0 Å². The monoisotopic (exact) mass is 274 g/mol. The van der Waals surface area contributed by atoms with E-state index in [4.69, 9.17) is 0 Å². The van der Waals surface area contributed by atoms with E-state index in [0.29, 0.717) is 17.5 Å². The Kier molecular flexibility index (Phi) is 3.44. The third-order valence-electron chi connectivity index (χ3n) is 4.38. The Morgan fingerprint density at radius 2 is 1.90 bits per heavy atom. The first kappa shape index (κ1) is 13.1. The quantitative estimate of drug-likeness (QED) is 0.522. The Morgan fingerprint density at radius 1 is 1.25 bits per heavy atom. The van der Waals surface area contributed by atoms with Crippen LogP contribution in [-0.2, 0) is 6.61 Å². The summed E-state index contributed by atoms with van der Waals surface area (Å²) in [6.45, 7) is 1.64. The highest BCUT2D eigenvalue weighted by Gasteiger charge is 2.35. The molecular weight excluding hydrogens is 256 g/mol. The first-order chi connectivity index (χ1) is 9.69. The number of nitro benzene ring substituents is 1. The molecule has 1 heterocycles. The second-order valence-corrected chi connectivity index (χ2v) is 5.61. The van der Waals surface area contributed by atoms with E-state index in [-0.39, 0.29) is 17.2 Å². The van der Waals surface area contributed by atoms with Gasteiger partial charge in [0.05, 0.1) is 11.5 Å². The minimum atomic E-state index is -0.337. The number of aliphatic hydroxyl groups excluding tert-OH is 1. The first-order valence-electron chi connectivity index (χ1n) is 6.97. The summed E-state index contributed by atoms with van der Waals surface area (Å²) >= 11 is 0. The van der Waals surface area contributed by atoms with Crippen LogP contribution in [0.2, 0.25) is 0 Å². The Balaban J connectivity index is 1.91. The molecule has 1 saturated heterocycles. The predicted octanol–water partition coefficient (Wildman–Crippen LogP) is 2.49. The number of hydrogen-bond donors (Lipinski definition) is 1. The molecule has 2 atom stereocenters. The highest BCUT2D eigenvalue weighted by molar-refractivity contribution is 5.65. The van der Waals surface area contributed by atoms with Crippen molar-refractivity contribution in [2.75, 3.05) is 18.0 Å². The number of nitrogens with zero attached hydrogens (tertiary/aromatic N) is 2. The van der Waals surface area contributed by atoms with Crippen molar-refractivity contribution >= 4 is 11.4 Å². The van der Waals surface area contributed by atoms with Crippen LogP contribution in [0.5, 0.6) is 0 Å². The molecule has 3 rings (SSSR count). The first-order valence-corrected chi connectivity index (χ1v) is 6.97. The largest absolute Gasteiger partial charge is 0.392 e. The maximum atomic E-state index is 11.2. The van der Waals surface area contributed by atoms with Gasteiger partial charge in [0.2, 0.25) is 0 Å². The van der Waals surface area contributed by atoms with Gasteiger partial charge in [-0.25, -0.2) is 0 Å². The van der Waals surface area contributed by atoms with E-state index >= 15 is 0 Å². The molecule has 1 aliphatic carbocycles. The van der Waals surface area contributed by atoms with Gasteiger partial charge >= 0.3 is 0 Å². The van der Waals surface area contributed by atoms with Crippen LogP contribution in [0.15, 0.2) is 30.4 Å². The minimum absolute atomic E-state index is 0.0900. The van der Waals surface area contributed by atoms with Crippen LogP contribution in [0.3, 0.4) is 0 Å². The fourth-order valence-corrected chi connectivity index (χ4v) is 3.29. The van der Waals surface area contributed by atoms with E-state index in [1.165, 1.54) is 6.07 Å². The number of anilines is 1. The third-order valence-corrected chi connectivity index (χ3v) is 4.38. The molecule has 0 aromatic heterocycles. The molecule has 5 heteroatoms. The fourth-order valence-electron chi connectivity index (χ4n) is 3.29. The molecule has 106 valence electrons. The van der Waals surface area contributed by atoms with E-state index in [2.05, 4.69) is 17.1 Å². The molecule has 1 fully saturated rings. The summed E-state index contributed by atoms with van der Waals surface area (Å²) in [5.41, 5.74) is 1.50. The van der Waals surface area contributed by atoms with Gasteiger partial charge in [-0.15, -0.1) is 0 Å². The van der Waals surface area contributed by atoms with Crippen molar-refractivity contribution < 1.29 is 10.0 Å². The van der Waals surface area contributed by atoms with Gasteiger partial charge in [-0.1, -0.05) is 12.2 Å². The van der Waals surface area contributed by atoms with Crippen molar-refractivity contribution in [3.8, 4) is 0 Å². The highest BCUT2D eigenvalue weighted by Crippen LogP contribution is 2.39. The zero-order valence-electron chi connectivity index (χ0n) is 11.2. The van der Waals surface area contributed by atoms with Crippen molar-refractivity contribution in [2.24, 2.45) is 11.8 Å². The molecule has 0 amide bonds. The fraction of sp³-hybridized carbons (Fsp3) is 0.467. The molecule has 1 aliphatic heterocycles. The molecule has 2 aliphatic rings. The summed E-state index contributed by atoms with van der Waals surface area (Å²) in [4.78, 5) is 13.0. The number of rotatable bonds is 3. The van der Waals surface area contributed by atoms with Crippen LogP contribution in [0.4, 0.5) is 11.4 Å². The number of fused-ring (bicyclic) bond motifs is 1. The van der Waals surface area contributed by atoms with Crippen LogP contribution in [0.25, 0.3) is 0 Å². The van der Waals surface area contributed by atoms with Crippen molar-refractivity contribution in [1.29, 1.82) is 0 Å². The van der Waals surface area contributed by atoms with Gasteiger partial charge in [0.25, 0.3) is 5.69 Å². The molecular formula is C15H18N2O3. The van der Waals surface area contributed by atoms with Gasteiger partial charge in [0.15, 0.2) is 0 Å². The van der Waals surface area contributed by atoms with Crippen LogP contribution in [0.1, 0.15) is 18.4 Å². The number of hydrogen-bond acceptors (Lipinski definition) is 4. The summed E-state index contributed by atoms with van der Waals surface area (Å²) in [7, 11) is 0. The number of aliphatic hydroxyl groups is 1. The van der Waals surface area contributed by atoms with Crippen LogP contribution >= 0.6 is 0 Å². The zero-order valence-corrected chi connectivity index (χ0v) is 11.2. The topological polar surface area (TPSA) is 66.6 Å². The molecule has 0 radical (unpaired) electrons. The maximum Gasteiger partial charge on any atom is 0.292 e. The Morgan fingerprint density at radius 3 is 2.45 bits per heavy atom. The van der Waals surface area contributed by atoms with Crippen molar-refractivity contribution in [1.82, 2.24) is 0 Å². The average molecular weight is 274 g/mol. The smallest absolute Gasteiger partial charge is 0.292 e. The summed E-state index contributed by atoms with van der Waals surface area (Å²) in [5.74, 6) is 1.19. The molecule has 1 aromatic carbocycles. The van der Waals surface area contributed by atoms with Gasteiger partial charge in [-0.2, -0.15) is 0 Å². The Labute approximate surface area is 117 Å². The molecule has 1 aromatic rings. The second kappa shape index (κ2) is 5.25. The third kappa shape index (κ3) is 2.29. The van der Waals surface area contributed by atoms with Gasteiger partial charge in [0, 0.05) is 19.2 Å².